The molecule has 1 heterocycles. The number of rotatable bonds is 5. The van der Waals surface area contributed by atoms with Crippen LogP contribution in [0.2, 0.25) is 0 Å². The van der Waals surface area contributed by atoms with Crippen LogP contribution in [0.5, 0.6) is 0 Å². The van der Waals surface area contributed by atoms with Gasteiger partial charge in [0.05, 0.1) is 0 Å². The molecule has 0 amide bonds. The second-order valence-corrected chi connectivity index (χ2v) is 6.87. The highest BCUT2D eigenvalue weighted by molar-refractivity contribution is 5.86. The van der Waals surface area contributed by atoms with Crippen LogP contribution >= 0.6 is 0 Å². The second kappa shape index (κ2) is 6.65. The number of likely N-dealkylation sites (tertiary alicyclic amines) is 1. The number of ether oxygens (including phenoxy) is 2. The van der Waals surface area contributed by atoms with Gasteiger partial charge in [-0.25, -0.2) is 4.79 Å². The fourth-order valence-corrected chi connectivity index (χ4v) is 2.98. The van der Waals surface area contributed by atoms with Crippen LogP contribution in [-0.2, 0) is 14.3 Å². The Kier molecular flexibility index (Phi) is 5.62. The van der Waals surface area contributed by atoms with Gasteiger partial charge in [0, 0.05) is 23.9 Å². The molecule has 21 heavy (non-hydrogen) atoms. The molecule has 0 bridgehead atoms. The van der Waals surface area contributed by atoms with Crippen LogP contribution in [0.15, 0.2) is 24.5 Å². The number of hydrogen-bond donors (Lipinski definition) is 0. The summed E-state index contributed by atoms with van der Waals surface area (Å²) in [5.74, 6) is -0.134. The minimum atomic E-state index is -0.424. The molecular weight excluding hydrogens is 266 g/mol. The van der Waals surface area contributed by atoms with Crippen molar-refractivity contribution in [1.29, 1.82) is 0 Å². The van der Waals surface area contributed by atoms with E-state index in [9.17, 15) is 4.79 Å². The van der Waals surface area contributed by atoms with Gasteiger partial charge in [0.1, 0.15) is 12.7 Å². The maximum absolute atomic E-state index is 11.9. The summed E-state index contributed by atoms with van der Waals surface area (Å²) in [6.45, 7) is 14.3. The van der Waals surface area contributed by atoms with E-state index in [0.29, 0.717) is 0 Å². The molecule has 0 saturated carbocycles. The van der Waals surface area contributed by atoms with E-state index < -0.39 is 5.97 Å². The molecule has 0 aromatic heterocycles. The first-order chi connectivity index (χ1) is 9.64. The normalized spacial score (nSPS) is 22.7. The molecule has 0 aromatic rings. The number of piperidine rings is 1. The smallest absolute Gasteiger partial charge is 0.373 e. The molecule has 1 aliphatic heterocycles. The van der Waals surface area contributed by atoms with Crippen LogP contribution in [0.25, 0.3) is 0 Å². The number of carbonyl (C=O) groups is 1. The lowest BCUT2D eigenvalue weighted by Gasteiger charge is -2.53. The number of nitrogens with zero attached hydrogens (tertiary/aromatic N) is 1. The first-order valence-corrected chi connectivity index (χ1v) is 7.49. The molecule has 0 aliphatic carbocycles. The van der Waals surface area contributed by atoms with Crippen LogP contribution in [0.4, 0.5) is 0 Å². The van der Waals surface area contributed by atoms with Crippen LogP contribution in [0, 0.1) is 0 Å². The Morgan fingerprint density at radius 2 is 1.81 bits per heavy atom. The largest absolute Gasteiger partial charge is 0.483 e. The van der Waals surface area contributed by atoms with Gasteiger partial charge >= 0.3 is 5.97 Å². The molecule has 0 unspecified atom stereocenters. The predicted octanol–water partition coefficient (Wildman–Crippen LogP) is 3.29. The van der Waals surface area contributed by atoms with E-state index in [-0.39, 0.29) is 29.5 Å². The van der Waals surface area contributed by atoms with Crippen LogP contribution in [0.3, 0.4) is 0 Å². The van der Waals surface area contributed by atoms with Crippen molar-refractivity contribution < 1.29 is 14.3 Å². The van der Waals surface area contributed by atoms with Gasteiger partial charge in [0.25, 0.3) is 0 Å². The Morgan fingerprint density at radius 1 is 1.29 bits per heavy atom. The van der Waals surface area contributed by atoms with E-state index >= 15 is 0 Å². The van der Waals surface area contributed by atoms with Crippen molar-refractivity contribution in [2.45, 2.75) is 64.6 Å². The maximum atomic E-state index is 11.9. The average molecular weight is 295 g/mol. The van der Waals surface area contributed by atoms with Crippen molar-refractivity contribution in [3.8, 4) is 0 Å². The van der Waals surface area contributed by atoms with E-state index in [1.54, 1.807) is 19.1 Å². The third-order valence-corrected chi connectivity index (χ3v) is 4.36. The van der Waals surface area contributed by atoms with Crippen molar-refractivity contribution in [2.24, 2.45) is 0 Å². The molecular formula is C17H29NO3. The van der Waals surface area contributed by atoms with Crippen LogP contribution in [-0.4, -0.2) is 41.7 Å². The van der Waals surface area contributed by atoms with E-state index in [1.807, 2.05) is 0 Å². The van der Waals surface area contributed by atoms with Gasteiger partial charge in [-0.15, -0.1) is 0 Å². The SMILES string of the molecule is C=CCOC(=O)C(=CC)OC1CC(C)(C)N(C)C(C)(C)C1. The Hall–Kier alpha value is -1.29. The summed E-state index contributed by atoms with van der Waals surface area (Å²) in [6.07, 6.45) is 4.98. The van der Waals surface area contributed by atoms with Gasteiger partial charge in [-0.05, 0) is 47.7 Å². The first-order valence-electron chi connectivity index (χ1n) is 7.49. The van der Waals surface area contributed by atoms with E-state index in [2.05, 4.69) is 46.2 Å². The van der Waals surface area contributed by atoms with Crippen molar-refractivity contribution >= 4 is 5.97 Å². The molecule has 4 nitrogen and oxygen atoms in total. The van der Waals surface area contributed by atoms with E-state index in [4.69, 9.17) is 9.47 Å². The first kappa shape index (κ1) is 17.8. The predicted molar refractivity (Wildman–Crippen MR) is 84.9 cm³/mol. The molecule has 1 aliphatic rings. The molecule has 0 N–H and O–H groups in total. The van der Waals surface area contributed by atoms with Gasteiger partial charge < -0.3 is 9.47 Å². The summed E-state index contributed by atoms with van der Waals surface area (Å²) in [4.78, 5) is 14.3. The summed E-state index contributed by atoms with van der Waals surface area (Å²) < 4.78 is 11.0. The summed E-state index contributed by atoms with van der Waals surface area (Å²) in [6, 6.07) is 0. The molecule has 4 heteroatoms. The third-order valence-electron chi connectivity index (χ3n) is 4.36. The third kappa shape index (κ3) is 4.34. The fraction of sp³-hybridized carbons (Fsp3) is 0.706. The molecule has 1 saturated heterocycles. The van der Waals surface area contributed by atoms with Crippen LogP contribution < -0.4 is 0 Å². The highest BCUT2D eigenvalue weighted by Crippen LogP contribution is 2.38. The summed E-state index contributed by atoms with van der Waals surface area (Å²) >= 11 is 0. The maximum Gasteiger partial charge on any atom is 0.373 e. The van der Waals surface area contributed by atoms with Gasteiger partial charge in [-0.1, -0.05) is 12.7 Å². The van der Waals surface area contributed by atoms with E-state index in [0.717, 1.165) is 12.8 Å². The zero-order valence-electron chi connectivity index (χ0n) is 14.2. The highest BCUT2D eigenvalue weighted by atomic mass is 16.6. The Labute approximate surface area is 128 Å². The number of allylic oxidation sites excluding steroid dienone is 1. The second-order valence-electron chi connectivity index (χ2n) is 6.87. The Morgan fingerprint density at radius 3 is 2.24 bits per heavy atom. The topological polar surface area (TPSA) is 38.8 Å². The fourth-order valence-electron chi connectivity index (χ4n) is 2.98. The number of esters is 1. The molecule has 0 aromatic carbocycles. The molecule has 0 atom stereocenters. The summed E-state index contributed by atoms with van der Waals surface area (Å²) in [5, 5.41) is 0. The minimum absolute atomic E-state index is 0.00804. The lowest BCUT2D eigenvalue weighted by molar-refractivity contribution is -0.146. The quantitative estimate of drug-likeness (QED) is 0.338. The minimum Gasteiger partial charge on any atom is -0.483 e. The van der Waals surface area contributed by atoms with E-state index in [1.165, 1.54) is 0 Å². The Bertz CT molecular complexity index is 406. The van der Waals surface area contributed by atoms with Gasteiger partial charge in [-0.2, -0.15) is 0 Å². The van der Waals surface area contributed by atoms with Gasteiger partial charge in [0.15, 0.2) is 0 Å². The summed E-state index contributed by atoms with van der Waals surface area (Å²) in [5.41, 5.74) is 0.0482. The Balaban J connectivity index is 2.78. The summed E-state index contributed by atoms with van der Waals surface area (Å²) in [7, 11) is 2.14. The molecule has 1 fully saturated rings. The monoisotopic (exact) mass is 295 g/mol. The average Bonchev–Trinajstić information content (AvgIpc) is 2.38. The molecule has 120 valence electrons. The van der Waals surface area contributed by atoms with Crippen LogP contribution in [0.1, 0.15) is 47.5 Å². The zero-order chi connectivity index (χ0) is 16.3. The standard InChI is InChI=1S/C17H29NO3/c1-8-10-20-15(19)14(9-2)21-13-11-16(3,4)18(7)17(5,6)12-13/h8-9,13H,1,10-12H2,2-7H3. The van der Waals surface area contributed by atoms with Crippen molar-refractivity contribution in [1.82, 2.24) is 4.90 Å². The van der Waals surface area contributed by atoms with Gasteiger partial charge in [0.2, 0.25) is 5.76 Å². The molecule has 0 radical (unpaired) electrons. The number of hydrogen-bond acceptors (Lipinski definition) is 4. The van der Waals surface area contributed by atoms with Crippen molar-refractivity contribution in [2.75, 3.05) is 13.7 Å². The van der Waals surface area contributed by atoms with Crippen molar-refractivity contribution in [3.63, 3.8) is 0 Å². The number of carbonyl (C=O) groups excluding carboxylic acids is 1. The lowest BCUT2D eigenvalue weighted by atomic mass is 9.79. The molecule has 0 spiro atoms. The van der Waals surface area contributed by atoms with Crippen molar-refractivity contribution in [3.05, 3.63) is 24.5 Å². The molecule has 1 rings (SSSR count). The van der Waals surface area contributed by atoms with Gasteiger partial charge in [-0.3, -0.25) is 4.90 Å². The zero-order valence-corrected chi connectivity index (χ0v) is 14.2. The lowest BCUT2D eigenvalue weighted by Crippen LogP contribution is -2.60. The highest BCUT2D eigenvalue weighted by Gasteiger charge is 2.44.